The van der Waals surface area contributed by atoms with Gasteiger partial charge in [-0.05, 0) is 37.8 Å². The van der Waals surface area contributed by atoms with Gasteiger partial charge >= 0.3 is 0 Å². The minimum absolute atomic E-state index is 0. The van der Waals surface area contributed by atoms with Gasteiger partial charge in [-0.15, -0.1) is 24.0 Å². The average Bonchev–Trinajstić information content (AvgIpc) is 3.38. The highest BCUT2D eigenvalue weighted by molar-refractivity contribution is 14.0. The van der Waals surface area contributed by atoms with Gasteiger partial charge in [0.05, 0.1) is 0 Å². The van der Waals surface area contributed by atoms with Crippen molar-refractivity contribution in [3.8, 4) is 5.75 Å². The maximum absolute atomic E-state index is 6.06. The molecule has 0 atom stereocenters. The fourth-order valence-electron chi connectivity index (χ4n) is 2.82. The molecule has 0 aromatic heterocycles. The maximum Gasteiger partial charge on any atom is 0.193 e. The number of nitrogens with one attached hydrogen (secondary N) is 1. The number of hydrogen-bond donors (Lipinski definition) is 1. The zero-order chi connectivity index (χ0) is 15.2. The number of nitrogens with zero attached hydrogens (tertiary/aromatic N) is 2. The van der Waals surface area contributed by atoms with Crippen LogP contribution in [0.25, 0.3) is 0 Å². The van der Waals surface area contributed by atoms with Crippen LogP contribution in [0.1, 0.15) is 32.6 Å². The number of halogens is 1. The molecule has 128 valence electrons. The van der Waals surface area contributed by atoms with Crippen LogP contribution in [0, 0.1) is 5.92 Å². The lowest BCUT2D eigenvalue weighted by molar-refractivity contribution is 0.129. The summed E-state index contributed by atoms with van der Waals surface area (Å²) in [5.41, 5.74) is 0. The fourth-order valence-corrected chi connectivity index (χ4v) is 2.82. The Bertz CT molecular complexity index is 482. The van der Waals surface area contributed by atoms with Gasteiger partial charge in [0, 0.05) is 39.0 Å². The van der Waals surface area contributed by atoms with E-state index >= 15 is 0 Å². The van der Waals surface area contributed by atoms with E-state index in [0.29, 0.717) is 6.10 Å². The second-order valence-corrected chi connectivity index (χ2v) is 6.26. The zero-order valence-corrected chi connectivity index (χ0v) is 16.2. The Balaban J connectivity index is 0.00000192. The second-order valence-electron chi connectivity index (χ2n) is 6.26. The van der Waals surface area contributed by atoms with E-state index in [4.69, 9.17) is 9.73 Å². The summed E-state index contributed by atoms with van der Waals surface area (Å²) >= 11 is 0. The van der Waals surface area contributed by atoms with E-state index < -0.39 is 0 Å². The summed E-state index contributed by atoms with van der Waals surface area (Å²) in [4.78, 5) is 7.18. The molecule has 1 saturated heterocycles. The molecule has 1 aliphatic carbocycles. The molecule has 1 aromatic rings. The van der Waals surface area contributed by atoms with Crippen LogP contribution in [0.4, 0.5) is 0 Å². The lowest BCUT2D eigenvalue weighted by Crippen LogP contribution is -2.47. The molecule has 0 radical (unpaired) electrons. The molecule has 1 saturated carbocycles. The Kier molecular flexibility index (Phi) is 7.46. The third-order valence-corrected chi connectivity index (χ3v) is 4.32. The van der Waals surface area contributed by atoms with Crippen LogP contribution >= 0.6 is 24.0 Å². The van der Waals surface area contributed by atoms with Gasteiger partial charge in [-0.1, -0.05) is 18.2 Å². The third-order valence-electron chi connectivity index (χ3n) is 4.32. The van der Waals surface area contributed by atoms with Gasteiger partial charge in [-0.2, -0.15) is 0 Å². The van der Waals surface area contributed by atoms with Gasteiger partial charge in [-0.25, -0.2) is 0 Å². The molecular weight excluding hydrogens is 401 g/mol. The SMILES string of the molecule is CCNC(=NCC1CC1)N1CCC(Oc2ccccc2)CC1.I. The number of benzene rings is 1. The van der Waals surface area contributed by atoms with Crippen LogP contribution in [0.2, 0.25) is 0 Å². The first-order valence-corrected chi connectivity index (χ1v) is 8.60. The molecule has 4 nitrogen and oxygen atoms in total. The highest BCUT2D eigenvalue weighted by Crippen LogP contribution is 2.29. The Hall–Kier alpha value is -0.980. The lowest BCUT2D eigenvalue weighted by Gasteiger charge is -2.34. The predicted molar refractivity (Wildman–Crippen MR) is 106 cm³/mol. The second kappa shape index (κ2) is 9.35. The first-order chi connectivity index (χ1) is 10.8. The normalized spacial score (nSPS) is 19.2. The van der Waals surface area contributed by atoms with Gasteiger partial charge < -0.3 is 15.0 Å². The molecule has 1 aromatic carbocycles. The lowest BCUT2D eigenvalue weighted by atomic mass is 10.1. The van der Waals surface area contributed by atoms with Crippen molar-refractivity contribution in [2.24, 2.45) is 10.9 Å². The highest BCUT2D eigenvalue weighted by Gasteiger charge is 2.24. The van der Waals surface area contributed by atoms with E-state index in [1.54, 1.807) is 0 Å². The quantitative estimate of drug-likeness (QED) is 0.442. The number of ether oxygens (including phenoxy) is 1. The summed E-state index contributed by atoms with van der Waals surface area (Å²) in [6, 6.07) is 10.1. The monoisotopic (exact) mass is 429 g/mol. The van der Waals surface area contributed by atoms with Crippen molar-refractivity contribution in [2.75, 3.05) is 26.2 Å². The zero-order valence-electron chi connectivity index (χ0n) is 13.9. The molecule has 0 bridgehead atoms. The smallest absolute Gasteiger partial charge is 0.193 e. The fraction of sp³-hybridized carbons (Fsp3) is 0.611. The number of rotatable bonds is 5. The standard InChI is InChI=1S/C18H27N3O.HI/c1-2-19-18(20-14-15-8-9-15)21-12-10-17(11-13-21)22-16-6-4-3-5-7-16;/h3-7,15,17H,2,8-14H2,1H3,(H,19,20);1H. The predicted octanol–water partition coefficient (Wildman–Crippen LogP) is 3.52. The minimum Gasteiger partial charge on any atom is -0.490 e. The average molecular weight is 429 g/mol. The van der Waals surface area contributed by atoms with Crippen molar-refractivity contribution < 1.29 is 4.74 Å². The van der Waals surface area contributed by atoms with E-state index in [0.717, 1.165) is 56.6 Å². The van der Waals surface area contributed by atoms with Crippen LogP contribution < -0.4 is 10.1 Å². The molecule has 0 unspecified atom stereocenters. The molecule has 1 N–H and O–H groups in total. The van der Waals surface area contributed by atoms with E-state index in [1.807, 2.05) is 30.3 Å². The van der Waals surface area contributed by atoms with E-state index in [1.165, 1.54) is 12.8 Å². The maximum atomic E-state index is 6.06. The van der Waals surface area contributed by atoms with Crippen molar-refractivity contribution in [2.45, 2.75) is 38.7 Å². The van der Waals surface area contributed by atoms with Gasteiger partial charge in [-0.3, -0.25) is 4.99 Å². The summed E-state index contributed by atoms with van der Waals surface area (Å²) in [5.74, 6) is 2.91. The van der Waals surface area contributed by atoms with Crippen LogP contribution in [0.15, 0.2) is 35.3 Å². The van der Waals surface area contributed by atoms with Gasteiger partial charge in [0.15, 0.2) is 5.96 Å². The molecular formula is C18H28IN3O. The molecule has 5 heteroatoms. The van der Waals surface area contributed by atoms with Crippen LogP contribution in [0.5, 0.6) is 5.75 Å². The first-order valence-electron chi connectivity index (χ1n) is 8.60. The molecule has 0 spiro atoms. The van der Waals surface area contributed by atoms with Crippen LogP contribution in [0.3, 0.4) is 0 Å². The molecule has 2 fully saturated rings. The summed E-state index contributed by atoms with van der Waals surface area (Å²) < 4.78 is 6.06. The van der Waals surface area contributed by atoms with Gasteiger partial charge in [0.2, 0.25) is 0 Å². The van der Waals surface area contributed by atoms with Crippen molar-refractivity contribution in [1.29, 1.82) is 0 Å². The van der Waals surface area contributed by atoms with Crippen LogP contribution in [-0.2, 0) is 0 Å². The van der Waals surface area contributed by atoms with E-state index in [2.05, 4.69) is 17.1 Å². The summed E-state index contributed by atoms with van der Waals surface area (Å²) in [7, 11) is 0. The van der Waals surface area contributed by atoms with Crippen LogP contribution in [-0.4, -0.2) is 43.1 Å². The Labute approximate surface area is 156 Å². The number of para-hydroxylation sites is 1. The molecule has 0 amide bonds. The van der Waals surface area contributed by atoms with Crippen molar-refractivity contribution in [3.63, 3.8) is 0 Å². The molecule has 3 rings (SSSR count). The van der Waals surface area contributed by atoms with E-state index in [9.17, 15) is 0 Å². The van der Waals surface area contributed by atoms with Crippen molar-refractivity contribution >= 4 is 29.9 Å². The van der Waals surface area contributed by atoms with E-state index in [-0.39, 0.29) is 24.0 Å². The molecule has 1 heterocycles. The topological polar surface area (TPSA) is 36.9 Å². The summed E-state index contributed by atoms with van der Waals surface area (Å²) in [5, 5.41) is 3.44. The van der Waals surface area contributed by atoms with Gasteiger partial charge in [0.25, 0.3) is 0 Å². The number of aliphatic imine (C=N–C) groups is 1. The number of likely N-dealkylation sites (tertiary alicyclic amines) is 1. The Morgan fingerprint density at radius 1 is 1.17 bits per heavy atom. The molecule has 1 aliphatic heterocycles. The molecule has 2 aliphatic rings. The number of hydrogen-bond acceptors (Lipinski definition) is 2. The molecule has 23 heavy (non-hydrogen) atoms. The number of piperidine rings is 1. The minimum atomic E-state index is 0. The first kappa shape index (κ1) is 18.4. The van der Waals surface area contributed by atoms with Gasteiger partial charge in [0.1, 0.15) is 11.9 Å². The highest BCUT2D eigenvalue weighted by atomic mass is 127. The summed E-state index contributed by atoms with van der Waals surface area (Å²) in [6.45, 7) is 6.10. The van der Waals surface area contributed by atoms with Crippen molar-refractivity contribution in [1.82, 2.24) is 10.2 Å². The number of guanidine groups is 1. The third kappa shape index (κ3) is 5.86. The Morgan fingerprint density at radius 3 is 2.48 bits per heavy atom. The largest absolute Gasteiger partial charge is 0.490 e. The van der Waals surface area contributed by atoms with Crippen molar-refractivity contribution in [3.05, 3.63) is 30.3 Å². The Morgan fingerprint density at radius 2 is 1.87 bits per heavy atom. The summed E-state index contributed by atoms with van der Waals surface area (Å²) in [6.07, 6.45) is 5.15.